The third kappa shape index (κ3) is 2.47. The minimum atomic E-state index is 0.0234. The lowest BCUT2D eigenvalue weighted by molar-refractivity contribution is -0.129. The summed E-state index contributed by atoms with van der Waals surface area (Å²) in [6, 6.07) is 0. The van der Waals surface area contributed by atoms with Gasteiger partial charge < -0.3 is 0 Å². The molecule has 14 heavy (non-hydrogen) atoms. The molecule has 3 nitrogen and oxygen atoms in total. The van der Waals surface area contributed by atoms with E-state index >= 15 is 0 Å². The molecule has 1 saturated carbocycles. The van der Waals surface area contributed by atoms with Gasteiger partial charge in [-0.25, -0.2) is 5.84 Å². The highest BCUT2D eigenvalue weighted by Crippen LogP contribution is 2.37. The zero-order valence-electron chi connectivity index (χ0n) is 9.42. The molecule has 3 unspecified atom stereocenters. The fourth-order valence-electron chi connectivity index (χ4n) is 2.61. The first-order valence-electron chi connectivity index (χ1n) is 5.56. The molecule has 0 aromatic rings. The average molecular weight is 198 g/mol. The Hall–Kier alpha value is -0.570. The second-order valence-electron chi connectivity index (χ2n) is 4.94. The van der Waals surface area contributed by atoms with E-state index in [1.54, 1.807) is 0 Å². The van der Waals surface area contributed by atoms with Gasteiger partial charge >= 0.3 is 0 Å². The fraction of sp³-hybridized carbons (Fsp3) is 0.909. The topological polar surface area (TPSA) is 55.1 Å². The molecule has 1 amide bonds. The number of hydrogen-bond donors (Lipinski definition) is 2. The molecular weight excluding hydrogens is 176 g/mol. The molecule has 0 saturated heterocycles. The van der Waals surface area contributed by atoms with Crippen LogP contribution in [-0.4, -0.2) is 5.91 Å². The normalized spacial score (nSPS) is 33.1. The fourth-order valence-corrected chi connectivity index (χ4v) is 2.61. The van der Waals surface area contributed by atoms with Crippen molar-refractivity contribution < 1.29 is 4.79 Å². The Bertz CT molecular complexity index is 203. The second kappa shape index (κ2) is 4.78. The molecule has 1 rings (SSSR count). The Morgan fingerprint density at radius 3 is 2.57 bits per heavy atom. The van der Waals surface area contributed by atoms with Crippen LogP contribution in [0.4, 0.5) is 0 Å². The quantitative estimate of drug-likeness (QED) is 0.403. The van der Waals surface area contributed by atoms with Crippen molar-refractivity contribution >= 4 is 5.91 Å². The van der Waals surface area contributed by atoms with Gasteiger partial charge in [0.2, 0.25) is 5.91 Å². The molecule has 0 radical (unpaired) electrons. The van der Waals surface area contributed by atoms with Crippen LogP contribution in [0, 0.1) is 23.7 Å². The molecule has 0 bridgehead atoms. The van der Waals surface area contributed by atoms with Crippen molar-refractivity contribution in [2.45, 2.75) is 40.0 Å². The van der Waals surface area contributed by atoms with E-state index in [0.717, 1.165) is 12.8 Å². The molecule has 0 aromatic carbocycles. The molecule has 0 spiro atoms. The number of carbonyl (C=O) groups excluding carboxylic acids is 1. The first-order valence-corrected chi connectivity index (χ1v) is 5.56. The van der Waals surface area contributed by atoms with Crippen LogP contribution in [0.15, 0.2) is 0 Å². The number of hydrazine groups is 1. The van der Waals surface area contributed by atoms with Gasteiger partial charge in [0.1, 0.15) is 0 Å². The van der Waals surface area contributed by atoms with Gasteiger partial charge in [0, 0.05) is 5.92 Å². The summed E-state index contributed by atoms with van der Waals surface area (Å²) >= 11 is 0. The van der Waals surface area contributed by atoms with Crippen LogP contribution in [0.3, 0.4) is 0 Å². The van der Waals surface area contributed by atoms with Gasteiger partial charge in [0.15, 0.2) is 0 Å². The van der Waals surface area contributed by atoms with Crippen LogP contribution < -0.4 is 11.3 Å². The molecule has 0 aromatic heterocycles. The number of hydrogen-bond acceptors (Lipinski definition) is 2. The molecule has 0 aliphatic heterocycles. The van der Waals surface area contributed by atoms with Crippen LogP contribution in [0.5, 0.6) is 0 Å². The first-order chi connectivity index (χ1) is 6.56. The van der Waals surface area contributed by atoms with Crippen molar-refractivity contribution in [2.24, 2.45) is 29.5 Å². The highest BCUT2D eigenvalue weighted by molar-refractivity contribution is 5.78. The van der Waals surface area contributed by atoms with Crippen molar-refractivity contribution in [2.75, 3.05) is 0 Å². The van der Waals surface area contributed by atoms with Gasteiger partial charge in [0.25, 0.3) is 0 Å². The second-order valence-corrected chi connectivity index (χ2v) is 4.94. The molecular formula is C11H22N2O. The van der Waals surface area contributed by atoms with Gasteiger partial charge in [-0.3, -0.25) is 10.2 Å². The minimum absolute atomic E-state index is 0.0234. The first kappa shape index (κ1) is 11.5. The van der Waals surface area contributed by atoms with Crippen LogP contribution in [0.1, 0.15) is 40.0 Å². The highest BCUT2D eigenvalue weighted by Gasteiger charge is 2.34. The molecule has 3 atom stereocenters. The van der Waals surface area contributed by atoms with Gasteiger partial charge in [0.05, 0.1) is 0 Å². The Labute approximate surface area is 86.4 Å². The molecule has 1 aliphatic carbocycles. The lowest BCUT2D eigenvalue weighted by Crippen LogP contribution is -2.43. The molecule has 3 N–H and O–H groups in total. The number of nitrogens with one attached hydrogen (secondary N) is 1. The molecule has 82 valence electrons. The summed E-state index contributed by atoms with van der Waals surface area (Å²) in [5.74, 6) is 7.11. The summed E-state index contributed by atoms with van der Waals surface area (Å²) in [6.45, 7) is 6.60. The van der Waals surface area contributed by atoms with E-state index in [4.69, 9.17) is 5.84 Å². The smallest absolute Gasteiger partial charge is 0.237 e. The van der Waals surface area contributed by atoms with E-state index in [2.05, 4.69) is 26.2 Å². The van der Waals surface area contributed by atoms with Gasteiger partial charge in [-0.2, -0.15) is 0 Å². The molecule has 1 fully saturated rings. The zero-order chi connectivity index (χ0) is 10.7. The van der Waals surface area contributed by atoms with Gasteiger partial charge in [-0.1, -0.05) is 27.2 Å². The van der Waals surface area contributed by atoms with Crippen LogP contribution in [-0.2, 0) is 4.79 Å². The summed E-state index contributed by atoms with van der Waals surface area (Å²) in [4.78, 5) is 11.6. The summed E-state index contributed by atoms with van der Waals surface area (Å²) in [6.07, 6.45) is 3.40. The number of rotatable bonds is 2. The Balaban J connectivity index is 2.68. The summed E-state index contributed by atoms with van der Waals surface area (Å²) in [7, 11) is 0. The predicted octanol–water partition coefficient (Wildman–Crippen LogP) is 1.68. The van der Waals surface area contributed by atoms with Crippen molar-refractivity contribution in [3.8, 4) is 0 Å². The Morgan fingerprint density at radius 2 is 2.07 bits per heavy atom. The molecule has 0 heterocycles. The zero-order valence-corrected chi connectivity index (χ0v) is 9.42. The lowest BCUT2D eigenvalue weighted by atomic mass is 9.70. The van der Waals surface area contributed by atoms with Crippen molar-refractivity contribution in [3.63, 3.8) is 0 Å². The summed E-state index contributed by atoms with van der Waals surface area (Å²) in [5, 5.41) is 0. The predicted molar refractivity (Wildman–Crippen MR) is 57.2 cm³/mol. The average Bonchev–Trinajstić information content (AvgIpc) is 2.16. The standard InChI is InChI=1S/C11H22N2O/c1-7(2)9-5-4-8(3)6-10(9)11(14)13-12/h7-10H,4-6,12H2,1-3H3,(H,13,14). The number of amides is 1. The SMILES string of the molecule is CC1CCC(C(C)C)C(C(=O)NN)C1. The molecule has 1 aliphatic rings. The maximum Gasteiger partial charge on any atom is 0.237 e. The monoisotopic (exact) mass is 198 g/mol. The van der Waals surface area contributed by atoms with Crippen molar-refractivity contribution in [3.05, 3.63) is 0 Å². The van der Waals surface area contributed by atoms with Gasteiger partial charge in [-0.05, 0) is 30.6 Å². The Morgan fingerprint density at radius 1 is 1.43 bits per heavy atom. The highest BCUT2D eigenvalue weighted by atomic mass is 16.2. The van der Waals surface area contributed by atoms with E-state index in [0.29, 0.717) is 17.8 Å². The van der Waals surface area contributed by atoms with E-state index in [-0.39, 0.29) is 11.8 Å². The van der Waals surface area contributed by atoms with E-state index in [9.17, 15) is 4.79 Å². The number of carbonyl (C=O) groups is 1. The van der Waals surface area contributed by atoms with E-state index in [1.165, 1.54) is 6.42 Å². The van der Waals surface area contributed by atoms with Crippen molar-refractivity contribution in [1.82, 2.24) is 5.43 Å². The maximum atomic E-state index is 11.6. The van der Waals surface area contributed by atoms with Crippen LogP contribution >= 0.6 is 0 Å². The van der Waals surface area contributed by atoms with E-state index in [1.807, 2.05) is 0 Å². The third-order valence-electron chi connectivity index (χ3n) is 3.50. The minimum Gasteiger partial charge on any atom is -0.294 e. The Kier molecular flexibility index (Phi) is 3.93. The van der Waals surface area contributed by atoms with Crippen LogP contribution in [0.2, 0.25) is 0 Å². The molecule has 3 heteroatoms. The lowest BCUT2D eigenvalue weighted by Gasteiger charge is -2.35. The van der Waals surface area contributed by atoms with Crippen molar-refractivity contribution in [1.29, 1.82) is 0 Å². The van der Waals surface area contributed by atoms with Gasteiger partial charge in [-0.15, -0.1) is 0 Å². The summed E-state index contributed by atoms with van der Waals surface area (Å²) < 4.78 is 0. The maximum absolute atomic E-state index is 11.6. The van der Waals surface area contributed by atoms with E-state index < -0.39 is 0 Å². The summed E-state index contributed by atoms with van der Waals surface area (Å²) in [5.41, 5.74) is 2.30. The van der Waals surface area contributed by atoms with Crippen LogP contribution in [0.25, 0.3) is 0 Å². The largest absolute Gasteiger partial charge is 0.294 e. The number of nitrogens with two attached hydrogens (primary N) is 1. The third-order valence-corrected chi connectivity index (χ3v) is 3.50.